The molecule has 1 fully saturated rings. The molecule has 2 rings (SSSR count). The number of benzene rings is 1. The maximum Gasteiger partial charge on any atom is 0.319 e. The Bertz CT molecular complexity index is 517. The predicted molar refractivity (Wildman–Crippen MR) is 98.8 cm³/mol. The van der Waals surface area contributed by atoms with Crippen LogP contribution in [0.4, 0.5) is 16.2 Å². The maximum atomic E-state index is 12.2. The minimum atomic E-state index is -0.152. The number of anilines is 2. The minimum absolute atomic E-state index is 0.152. The second kappa shape index (κ2) is 9.49. The standard InChI is InChI=1S/C18H30N4O2/c1-4-21(3)17-8-6-5-7-16(17)20-18(23)19-13-15(2)14-22-9-11-24-12-10-22/h5-8,15H,4,9-14H2,1-3H3,(H2,19,20,23)/t15-/m1/s1. The van der Waals surface area contributed by atoms with Crippen LogP contribution < -0.4 is 15.5 Å². The first-order chi connectivity index (χ1) is 11.6. The van der Waals surface area contributed by atoms with Gasteiger partial charge in [0.2, 0.25) is 0 Å². The molecular weight excluding hydrogens is 304 g/mol. The van der Waals surface area contributed by atoms with E-state index in [1.54, 1.807) is 0 Å². The van der Waals surface area contributed by atoms with Crippen LogP contribution in [0.1, 0.15) is 13.8 Å². The fraction of sp³-hybridized carbons (Fsp3) is 0.611. The number of hydrogen-bond acceptors (Lipinski definition) is 4. The highest BCUT2D eigenvalue weighted by molar-refractivity contribution is 5.93. The Balaban J connectivity index is 1.78. The number of morpholine rings is 1. The van der Waals surface area contributed by atoms with Crippen LogP contribution in [0.25, 0.3) is 0 Å². The van der Waals surface area contributed by atoms with Crippen LogP contribution in [0.5, 0.6) is 0 Å². The van der Waals surface area contributed by atoms with Gasteiger partial charge in [-0.05, 0) is 25.0 Å². The first-order valence-corrected chi connectivity index (χ1v) is 8.75. The molecule has 1 aliphatic heterocycles. The van der Waals surface area contributed by atoms with Crippen molar-refractivity contribution in [1.82, 2.24) is 10.2 Å². The number of hydrogen-bond donors (Lipinski definition) is 2. The van der Waals surface area contributed by atoms with Gasteiger partial charge in [-0.2, -0.15) is 0 Å². The summed E-state index contributed by atoms with van der Waals surface area (Å²) in [6, 6.07) is 7.71. The first kappa shape index (κ1) is 18.5. The summed E-state index contributed by atoms with van der Waals surface area (Å²) in [6.45, 7) is 10.4. The van der Waals surface area contributed by atoms with Crippen molar-refractivity contribution in [1.29, 1.82) is 0 Å². The summed E-state index contributed by atoms with van der Waals surface area (Å²) in [5.74, 6) is 0.405. The highest BCUT2D eigenvalue weighted by Gasteiger charge is 2.15. The average molecular weight is 334 g/mol. The molecule has 0 saturated carbocycles. The van der Waals surface area contributed by atoms with E-state index >= 15 is 0 Å². The summed E-state index contributed by atoms with van der Waals surface area (Å²) in [5, 5.41) is 5.94. The molecule has 2 N–H and O–H groups in total. The molecule has 2 amide bonds. The minimum Gasteiger partial charge on any atom is -0.379 e. The Kier molecular flexibility index (Phi) is 7.34. The van der Waals surface area contributed by atoms with Crippen LogP contribution in [0, 0.1) is 5.92 Å². The van der Waals surface area contributed by atoms with E-state index in [-0.39, 0.29) is 6.03 Å². The topological polar surface area (TPSA) is 56.8 Å². The van der Waals surface area contributed by atoms with Gasteiger partial charge in [0, 0.05) is 39.8 Å². The number of ether oxygens (including phenoxy) is 1. The lowest BCUT2D eigenvalue weighted by Gasteiger charge is -2.29. The van der Waals surface area contributed by atoms with Crippen LogP contribution >= 0.6 is 0 Å². The highest BCUT2D eigenvalue weighted by atomic mass is 16.5. The number of carbonyl (C=O) groups is 1. The van der Waals surface area contributed by atoms with Crippen molar-refractivity contribution >= 4 is 17.4 Å². The number of urea groups is 1. The van der Waals surface area contributed by atoms with Crippen molar-refractivity contribution in [3.05, 3.63) is 24.3 Å². The lowest BCUT2D eigenvalue weighted by molar-refractivity contribution is 0.0320. The van der Waals surface area contributed by atoms with Crippen molar-refractivity contribution < 1.29 is 9.53 Å². The van der Waals surface area contributed by atoms with Crippen LogP contribution in [0.3, 0.4) is 0 Å². The third-order valence-corrected chi connectivity index (χ3v) is 4.32. The molecule has 1 atom stereocenters. The lowest BCUT2D eigenvalue weighted by Crippen LogP contribution is -2.42. The largest absolute Gasteiger partial charge is 0.379 e. The van der Waals surface area contributed by atoms with Crippen molar-refractivity contribution in [2.75, 3.05) is 63.2 Å². The molecule has 0 bridgehead atoms. The van der Waals surface area contributed by atoms with E-state index in [9.17, 15) is 4.79 Å². The number of para-hydroxylation sites is 2. The molecule has 1 heterocycles. The summed E-state index contributed by atoms with van der Waals surface area (Å²) in [7, 11) is 2.02. The van der Waals surface area contributed by atoms with Gasteiger partial charge in [-0.25, -0.2) is 4.79 Å². The molecule has 1 aliphatic rings. The van der Waals surface area contributed by atoms with E-state index in [4.69, 9.17) is 4.74 Å². The number of carbonyl (C=O) groups excluding carboxylic acids is 1. The predicted octanol–water partition coefficient (Wildman–Crippen LogP) is 2.23. The SMILES string of the molecule is CCN(C)c1ccccc1NC(=O)NC[C@@H](C)CN1CCOCC1. The van der Waals surface area contributed by atoms with Crippen molar-refractivity contribution in [2.45, 2.75) is 13.8 Å². The van der Waals surface area contributed by atoms with Crippen molar-refractivity contribution in [3.8, 4) is 0 Å². The van der Waals surface area contributed by atoms with Crippen LogP contribution in [-0.4, -0.2) is 63.9 Å². The summed E-state index contributed by atoms with van der Waals surface area (Å²) in [6.07, 6.45) is 0. The van der Waals surface area contributed by atoms with Crippen LogP contribution in [0.15, 0.2) is 24.3 Å². The van der Waals surface area contributed by atoms with E-state index in [1.807, 2.05) is 31.3 Å². The summed E-state index contributed by atoms with van der Waals surface area (Å²) < 4.78 is 5.36. The number of rotatable bonds is 7. The molecule has 0 unspecified atom stereocenters. The number of nitrogens with zero attached hydrogens (tertiary/aromatic N) is 2. The van der Waals surface area contributed by atoms with Crippen LogP contribution in [-0.2, 0) is 4.74 Å². The number of nitrogens with one attached hydrogen (secondary N) is 2. The second-order valence-electron chi connectivity index (χ2n) is 6.38. The van der Waals surface area contributed by atoms with E-state index < -0.39 is 0 Å². The van der Waals surface area contributed by atoms with Gasteiger partial charge in [0.1, 0.15) is 0 Å². The fourth-order valence-corrected chi connectivity index (χ4v) is 2.81. The third kappa shape index (κ3) is 5.69. The monoisotopic (exact) mass is 334 g/mol. The van der Waals surface area contributed by atoms with Gasteiger partial charge in [0.25, 0.3) is 0 Å². The Morgan fingerprint density at radius 1 is 1.33 bits per heavy atom. The van der Waals surface area contributed by atoms with Gasteiger partial charge in [0.05, 0.1) is 24.6 Å². The Labute approximate surface area is 145 Å². The summed E-state index contributed by atoms with van der Waals surface area (Å²) >= 11 is 0. The third-order valence-electron chi connectivity index (χ3n) is 4.32. The maximum absolute atomic E-state index is 12.2. The van der Waals surface area contributed by atoms with Gasteiger partial charge in [-0.1, -0.05) is 19.1 Å². The van der Waals surface area contributed by atoms with E-state index in [0.717, 1.165) is 50.8 Å². The molecule has 134 valence electrons. The fourth-order valence-electron chi connectivity index (χ4n) is 2.81. The highest BCUT2D eigenvalue weighted by Crippen LogP contribution is 2.24. The van der Waals surface area contributed by atoms with Gasteiger partial charge in [0.15, 0.2) is 0 Å². The smallest absolute Gasteiger partial charge is 0.319 e. The summed E-state index contributed by atoms with van der Waals surface area (Å²) in [4.78, 5) is 16.7. The molecule has 0 radical (unpaired) electrons. The van der Waals surface area contributed by atoms with E-state index in [2.05, 4.69) is 34.3 Å². The molecule has 1 saturated heterocycles. The molecular formula is C18H30N4O2. The molecule has 6 nitrogen and oxygen atoms in total. The normalized spacial score (nSPS) is 16.5. The molecule has 0 aromatic heterocycles. The van der Waals surface area contributed by atoms with Crippen molar-refractivity contribution in [2.24, 2.45) is 5.92 Å². The average Bonchev–Trinajstić information content (AvgIpc) is 2.60. The molecule has 6 heteroatoms. The van der Waals surface area contributed by atoms with Crippen molar-refractivity contribution in [3.63, 3.8) is 0 Å². The Morgan fingerprint density at radius 2 is 2.04 bits per heavy atom. The molecule has 0 spiro atoms. The zero-order chi connectivity index (χ0) is 17.4. The van der Waals surface area contributed by atoms with Gasteiger partial charge >= 0.3 is 6.03 Å². The summed E-state index contributed by atoms with van der Waals surface area (Å²) in [5.41, 5.74) is 1.86. The molecule has 1 aromatic rings. The first-order valence-electron chi connectivity index (χ1n) is 8.75. The molecule has 24 heavy (non-hydrogen) atoms. The Morgan fingerprint density at radius 3 is 2.75 bits per heavy atom. The quantitative estimate of drug-likeness (QED) is 0.803. The van der Waals surface area contributed by atoms with E-state index in [1.165, 1.54) is 0 Å². The zero-order valence-electron chi connectivity index (χ0n) is 15.0. The molecule has 0 aliphatic carbocycles. The Hall–Kier alpha value is -1.79. The second-order valence-corrected chi connectivity index (χ2v) is 6.38. The van der Waals surface area contributed by atoms with E-state index in [0.29, 0.717) is 12.5 Å². The zero-order valence-corrected chi connectivity index (χ0v) is 15.0. The van der Waals surface area contributed by atoms with Crippen LogP contribution in [0.2, 0.25) is 0 Å². The van der Waals surface area contributed by atoms with Gasteiger partial charge in [-0.15, -0.1) is 0 Å². The van der Waals surface area contributed by atoms with Gasteiger partial charge in [-0.3, -0.25) is 4.90 Å². The lowest BCUT2D eigenvalue weighted by atomic mass is 10.1. The van der Waals surface area contributed by atoms with Gasteiger partial charge < -0.3 is 20.3 Å². The number of amides is 2. The molecule has 1 aromatic carbocycles.